The van der Waals surface area contributed by atoms with E-state index in [4.69, 9.17) is 0 Å². The largest absolute Gasteiger partial charge is 0.416 e. The molecule has 1 aromatic rings. The highest BCUT2D eigenvalue weighted by Gasteiger charge is 2.39. The van der Waals surface area contributed by atoms with Crippen molar-refractivity contribution in [3.63, 3.8) is 0 Å². The van der Waals surface area contributed by atoms with Crippen LogP contribution in [-0.4, -0.2) is 36.2 Å². The van der Waals surface area contributed by atoms with Gasteiger partial charge >= 0.3 is 6.18 Å². The van der Waals surface area contributed by atoms with Crippen molar-refractivity contribution >= 4 is 18.3 Å². The van der Waals surface area contributed by atoms with Crippen LogP contribution in [0.15, 0.2) is 24.3 Å². The van der Waals surface area contributed by atoms with Crippen LogP contribution in [0.5, 0.6) is 0 Å². The van der Waals surface area contributed by atoms with E-state index in [0.717, 1.165) is 31.7 Å². The van der Waals surface area contributed by atoms with Crippen LogP contribution >= 0.6 is 12.4 Å². The van der Waals surface area contributed by atoms with Crippen molar-refractivity contribution in [1.82, 2.24) is 10.6 Å². The van der Waals surface area contributed by atoms with Gasteiger partial charge in [-0.3, -0.25) is 4.79 Å². The number of amides is 1. The van der Waals surface area contributed by atoms with Gasteiger partial charge in [-0.25, -0.2) is 0 Å². The zero-order valence-electron chi connectivity index (χ0n) is 14.3. The van der Waals surface area contributed by atoms with Crippen LogP contribution in [0.3, 0.4) is 0 Å². The number of benzene rings is 1. The number of carbonyl (C=O) groups is 1. The minimum atomic E-state index is -4.37. The average Bonchev–Trinajstić information content (AvgIpc) is 3.22. The molecule has 1 saturated carbocycles. The summed E-state index contributed by atoms with van der Waals surface area (Å²) in [5.74, 6) is -0.199. The van der Waals surface area contributed by atoms with Crippen molar-refractivity contribution in [3.8, 4) is 0 Å². The molecular formula is C18H24ClF3N2O2. The van der Waals surface area contributed by atoms with Gasteiger partial charge in [0.25, 0.3) is 0 Å². The molecule has 0 bridgehead atoms. The predicted octanol–water partition coefficient (Wildman–Crippen LogP) is 2.78. The highest BCUT2D eigenvalue weighted by molar-refractivity contribution is 5.85. The zero-order valence-corrected chi connectivity index (χ0v) is 15.1. The zero-order chi connectivity index (χ0) is 18.1. The standard InChI is InChI=1S/C18H23F3N2O2.ClH/c19-18(20,21)13-5-3-4-12(8-13)17(6-1-2-7-17)11-23-16(25)15-9-14(24)10-22-15;/h3-5,8,14-15,22,24H,1-2,6-7,9-11H2,(H,23,25);1H. The maximum atomic E-state index is 13.0. The van der Waals surface area contributed by atoms with E-state index in [-0.39, 0.29) is 18.3 Å². The molecule has 2 unspecified atom stereocenters. The minimum Gasteiger partial charge on any atom is -0.392 e. The van der Waals surface area contributed by atoms with Crippen LogP contribution in [0.2, 0.25) is 0 Å². The fourth-order valence-corrected chi connectivity index (χ4v) is 3.94. The van der Waals surface area contributed by atoms with Gasteiger partial charge in [-0.05, 0) is 30.9 Å². The lowest BCUT2D eigenvalue weighted by molar-refractivity contribution is -0.137. The van der Waals surface area contributed by atoms with Crippen molar-refractivity contribution < 1.29 is 23.1 Å². The molecule has 26 heavy (non-hydrogen) atoms. The molecule has 0 spiro atoms. The predicted molar refractivity (Wildman–Crippen MR) is 94.3 cm³/mol. The molecule has 1 aliphatic carbocycles. The summed E-state index contributed by atoms with van der Waals surface area (Å²) in [6.45, 7) is 0.707. The molecule has 1 heterocycles. The number of β-amino-alcohol motifs (C(OH)–C–C–N with tert-alkyl or cyclic N) is 1. The smallest absolute Gasteiger partial charge is 0.392 e. The van der Waals surface area contributed by atoms with Crippen molar-refractivity contribution in [2.45, 2.75) is 55.8 Å². The van der Waals surface area contributed by atoms with E-state index >= 15 is 0 Å². The summed E-state index contributed by atoms with van der Waals surface area (Å²) in [6, 6.07) is 5.03. The van der Waals surface area contributed by atoms with Crippen molar-refractivity contribution in [3.05, 3.63) is 35.4 Å². The summed E-state index contributed by atoms with van der Waals surface area (Å²) >= 11 is 0. The van der Waals surface area contributed by atoms with Gasteiger partial charge < -0.3 is 15.7 Å². The molecule has 3 N–H and O–H groups in total. The van der Waals surface area contributed by atoms with Gasteiger partial charge in [0.05, 0.1) is 17.7 Å². The Labute approximate surface area is 157 Å². The molecule has 2 atom stereocenters. The Morgan fingerprint density at radius 3 is 2.58 bits per heavy atom. The van der Waals surface area contributed by atoms with E-state index < -0.39 is 29.3 Å². The Kier molecular flexibility index (Phi) is 6.58. The molecule has 1 saturated heterocycles. The van der Waals surface area contributed by atoms with E-state index in [2.05, 4.69) is 10.6 Å². The molecule has 4 nitrogen and oxygen atoms in total. The van der Waals surface area contributed by atoms with Crippen molar-refractivity contribution in [2.75, 3.05) is 13.1 Å². The number of carbonyl (C=O) groups excluding carboxylic acids is 1. The third-order valence-corrected chi connectivity index (χ3v) is 5.39. The Bertz CT molecular complexity index is 633. The topological polar surface area (TPSA) is 61.4 Å². The van der Waals surface area contributed by atoms with E-state index in [1.165, 1.54) is 12.1 Å². The number of aliphatic hydroxyl groups excluding tert-OH is 1. The van der Waals surface area contributed by atoms with Gasteiger partial charge in [0, 0.05) is 18.5 Å². The summed E-state index contributed by atoms with van der Waals surface area (Å²) in [5.41, 5.74) is -0.462. The van der Waals surface area contributed by atoms with Crippen molar-refractivity contribution in [1.29, 1.82) is 0 Å². The highest BCUT2D eigenvalue weighted by Crippen LogP contribution is 2.42. The summed E-state index contributed by atoms with van der Waals surface area (Å²) in [7, 11) is 0. The van der Waals surface area contributed by atoms with Crippen LogP contribution in [0.25, 0.3) is 0 Å². The Morgan fingerprint density at radius 2 is 2.00 bits per heavy atom. The lowest BCUT2D eigenvalue weighted by atomic mass is 9.78. The van der Waals surface area contributed by atoms with E-state index in [0.29, 0.717) is 25.1 Å². The first-order valence-electron chi connectivity index (χ1n) is 8.67. The number of rotatable bonds is 4. The normalized spacial score (nSPS) is 24.9. The van der Waals surface area contributed by atoms with Gasteiger partial charge in [0.2, 0.25) is 5.91 Å². The number of aliphatic hydroxyl groups is 1. The van der Waals surface area contributed by atoms with Gasteiger partial charge in [-0.15, -0.1) is 12.4 Å². The van der Waals surface area contributed by atoms with Crippen LogP contribution in [0.1, 0.15) is 43.2 Å². The summed E-state index contributed by atoms with van der Waals surface area (Å²) in [5, 5.41) is 15.4. The Hall–Kier alpha value is -1.31. The summed E-state index contributed by atoms with van der Waals surface area (Å²) < 4.78 is 39.1. The quantitative estimate of drug-likeness (QED) is 0.738. The molecule has 8 heteroatoms. The van der Waals surface area contributed by atoms with Crippen molar-refractivity contribution in [2.24, 2.45) is 0 Å². The second-order valence-electron chi connectivity index (χ2n) is 7.13. The second kappa shape index (κ2) is 8.15. The fraction of sp³-hybridized carbons (Fsp3) is 0.611. The van der Waals surface area contributed by atoms with E-state index in [1.54, 1.807) is 6.07 Å². The summed E-state index contributed by atoms with van der Waals surface area (Å²) in [4.78, 5) is 12.3. The van der Waals surface area contributed by atoms with Gasteiger partial charge in [0.1, 0.15) is 0 Å². The van der Waals surface area contributed by atoms with Gasteiger partial charge in [0.15, 0.2) is 0 Å². The third-order valence-electron chi connectivity index (χ3n) is 5.39. The maximum absolute atomic E-state index is 13.0. The first-order chi connectivity index (χ1) is 11.8. The monoisotopic (exact) mass is 392 g/mol. The Balaban J connectivity index is 0.00000243. The number of alkyl halides is 3. The first-order valence-corrected chi connectivity index (χ1v) is 8.67. The Morgan fingerprint density at radius 1 is 1.31 bits per heavy atom. The number of halogens is 4. The molecule has 3 rings (SSSR count). The molecule has 2 fully saturated rings. The van der Waals surface area contributed by atoms with E-state index in [9.17, 15) is 23.1 Å². The van der Waals surface area contributed by atoms with Crippen LogP contribution in [-0.2, 0) is 16.4 Å². The lowest BCUT2D eigenvalue weighted by Crippen LogP contribution is -2.46. The molecule has 146 valence electrons. The molecular weight excluding hydrogens is 369 g/mol. The SMILES string of the molecule is Cl.O=C(NCC1(c2cccc(C(F)(F)F)c2)CCCC1)C1CC(O)CN1. The maximum Gasteiger partial charge on any atom is 0.416 e. The van der Waals surface area contributed by atoms with E-state index in [1.807, 2.05) is 0 Å². The lowest BCUT2D eigenvalue weighted by Gasteiger charge is -2.31. The van der Waals surface area contributed by atoms with Gasteiger partial charge in [-0.1, -0.05) is 31.0 Å². The first kappa shape index (κ1) is 21.0. The van der Waals surface area contributed by atoms with Gasteiger partial charge in [-0.2, -0.15) is 13.2 Å². The summed E-state index contributed by atoms with van der Waals surface area (Å²) in [6.07, 6.45) is -1.14. The van der Waals surface area contributed by atoms with Crippen LogP contribution in [0, 0.1) is 0 Å². The average molecular weight is 393 g/mol. The minimum absolute atomic E-state index is 0. The number of nitrogens with one attached hydrogen (secondary N) is 2. The highest BCUT2D eigenvalue weighted by atomic mass is 35.5. The molecule has 2 aliphatic rings. The molecule has 1 aliphatic heterocycles. The number of hydrogen-bond donors (Lipinski definition) is 3. The molecule has 1 amide bonds. The molecule has 0 aromatic heterocycles. The molecule has 0 radical (unpaired) electrons. The molecule has 1 aromatic carbocycles. The fourth-order valence-electron chi connectivity index (χ4n) is 3.94. The number of hydrogen-bond acceptors (Lipinski definition) is 3. The van der Waals surface area contributed by atoms with Crippen LogP contribution < -0.4 is 10.6 Å². The second-order valence-corrected chi connectivity index (χ2v) is 7.13. The van der Waals surface area contributed by atoms with Crippen LogP contribution in [0.4, 0.5) is 13.2 Å². The third kappa shape index (κ3) is 4.50.